The van der Waals surface area contributed by atoms with Gasteiger partial charge in [0.05, 0.1) is 0 Å². The molecular formula is C16H19BrClNS. The van der Waals surface area contributed by atoms with Crippen LogP contribution in [-0.4, -0.2) is 6.04 Å². The first-order valence-corrected chi connectivity index (χ1v) is 8.70. The summed E-state index contributed by atoms with van der Waals surface area (Å²) < 4.78 is 1.01. The topological polar surface area (TPSA) is 12.0 Å². The fourth-order valence-corrected chi connectivity index (χ4v) is 4.18. The SMILES string of the molecule is Cc1ccc(CC(C)NC(C)c2ccc(Br)cc2Cl)s1. The summed E-state index contributed by atoms with van der Waals surface area (Å²) in [5, 5.41) is 4.43. The summed E-state index contributed by atoms with van der Waals surface area (Å²) in [5.41, 5.74) is 1.14. The Morgan fingerprint density at radius 1 is 1.25 bits per heavy atom. The van der Waals surface area contributed by atoms with E-state index < -0.39 is 0 Å². The summed E-state index contributed by atoms with van der Waals surface area (Å²) in [6, 6.07) is 11.1. The molecule has 1 heterocycles. The first kappa shape index (κ1) is 16.0. The normalized spacial score (nSPS) is 14.2. The van der Waals surface area contributed by atoms with Crippen LogP contribution in [0, 0.1) is 6.92 Å². The van der Waals surface area contributed by atoms with Gasteiger partial charge in [0.2, 0.25) is 0 Å². The average molecular weight is 373 g/mol. The molecule has 0 spiro atoms. The molecule has 0 saturated heterocycles. The number of aryl methyl sites for hydroxylation is 1. The van der Waals surface area contributed by atoms with Crippen LogP contribution in [-0.2, 0) is 6.42 Å². The van der Waals surface area contributed by atoms with E-state index in [1.807, 2.05) is 23.5 Å². The van der Waals surface area contributed by atoms with Crippen LogP contribution in [0.3, 0.4) is 0 Å². The van der Waals surface area contributed by atoms with E-state index in [1.54, 1.807) is 0 Å². The Bertz CT molecular complexity index is 582. The lowest BCUT2D eigenvalue weighted by Gasteiger charge is -2.21. The highest BCUT2D eigenvalue weighted by Gasteiger charge is 2.13. The van der Waals surface area contributed by atoms with Crippen LogP contribution in [0.1, 0.15) is 35.2 Å². The molecule has 2 atom stereocenters. The number of rotatable bonds is 5. The third kappa shape index (κ3) is 4.32. The van der Waals surface area contributed by atoms with E-state index in [9.17, 15) is 0 Å². The molecule has 0 radical (unpaired) electrons. The van der Waals surface area contributed by atoms with Gasteiger partial charge in [0, 0.05) is 31.3 Å². The predicted octanol–water partition coefficient (Wildman–Crippen LogP) is 5.75. The molecule has 0 bridgehead atoms. The van der Waals surface area contributed by atoms with E-state index in [0.717, 1.165) is 21.5 Å². The lowest BCUT2D eigenvalue weighted by atomic mass is 10.1. The number of nitrogens with one attached hydrogen (secondary N) is 1. The molecule has 0 fully saturated rings. The summed E-state index contributed by atoms with van der Waals surface area (Å²) >= 11 is 11.6. The van der Waals surface area contributed by atoms with Crippen LogP contribution in [0.15, 0.2) is 34.8 Å². The number of halogens is 2. The van der Waals surface area contributed by atoms with Gasteiger partial charge in [-0.15, -0.1) is 11.3 Å². The maximum atomic E-state index is 6.30. The summed E-state index contributed by atoms with van der Waals surface area (Å²) in [6.07, 6.45) is 1.05. The molecule has 0 amide bonds. The Hall–Kier alpha value is -0.350. The predicted molar refractivity (Wildman–Crippen MR) is 92.9 cm³/mol. The highest BCUT2D eigenvalue weighted by atomic mass is 79.9. The van der Waals surface area contributed by atoms with Crippen molar-refractivity contribution in [1.29, 1.82) is 0 Å². The minimum absolute atomic E-state index is 0.242. The van der Waals surface area contributed by atoms with Crippen molar-refractivity contribution in [3.8, 4) is 0 Å². The maximum Gasteiger partial charge on any atom is 0.0464 e. The molecule has 1 N–H and O–H groups in total. The van der Waals surface area contributed by atoms with Gasteiger partial charge in [-0.1, -0.05) is 33.6 Å². The fraction of sp³-hybridized carbons (Fsp3) is 0.375. The number of hydrogen-bond acceptors (Lipinski definition) is 2. The first-order valence-electron chi connectivity index (χ1n) is 6.72. The van der Waals surface area contributed by atoms with Gasteiger partial charge >= 0.3 is 0 Å². The van der Waals surface area contributed by atoms with E-state index in [1.165, 1.54) is 9.75 Å². The molecule has 2 rings (SSSR count). The molecule has 1 aromatic heterocycles. The molecule has 0 aliphatic carbocycles. The van der Waals surface area contributed by atoms with Crippen molar-refractivity contribution in [2.45, 2.75) is 39.3 Å². The average Bonchev–Trinajstić information content (AvgIpc) is 2.74. The van der Waals surface area contributed by atoms with E-state index in [2.05, 4.69) is 60.2 Å². The van der Waals surface area contributed by atoms with Gasteiger partial charge in [0.15, 0.2) is 0 Å². The fourth-order valence-electron chi connectivity index (χ4n) is 2.32. The van der Waals surface area contributed by atoms with E-state index >= 15 is 0 Å². The van der Waals surface area contributed by atoms with Crippen molar-refractivity contribution in [3.63, 3.8) is 0 Å². The van der Waals surface area contributed by atoms with Crippen LogP contribution in [0.5, 0.6) is 0 Å². The number of hydrogen-bond donors (Lipinski definition) is 1. The zero-order valence-electron chi connectivity index (χ0n) is 11.9. The lowest BCUT2D eigenvalue weighted by Crippen LogP contribution is -2.30. The second kappa shape index (κ2) is 7.08. The highest BCUT2D eigenvalue weighted by molar-refractivity contribution is 9.10. The largest absolute Gasteiger partial charge is 0.307 e. The second-order valence-electron chi connectivity index (χ2n) is 5.17. The second-order valence-corrected chi connectivity index (χ2v) is 7.87. The number of benzene rings is 1. The van der Waals surface area contributed by atoms with Gasteiger partial charge in [-0.25, -0.2) is 0 Å². The van der Waals surface area contributed by atoms with E-state index in [0.29, 0.717) is 6.04 Å². The standard InChI is InChI=1S/C16H19BrClNS/c1-10(8-14-6-4-11(2)20-14)19-12(3)15-7-5-13(17)9-16(15)18/h4-7,9-10,12,19H,8H2,1-3H3. The summed E-state index contributed by atoms with van der Waals surface area (Å²) in [7, 11) is 0. The van der Waals surface area contributed by atoms with Crippen molar-refractivity contribution in [2.24, 2.45) is 0 Å². The van der Waals surface area contributed by atoms with Crippen LogP contribution >= 0.6 is 38.9 Å². The minimum Gasteiger partial charge on any atom is -0.307 e. The zero-order chi connectivity index (χ0) is 14.7. The molecule has 0 aliphatic heterocycles. The first-order chi connectivity index (χ1) is 9.45. The van der Waals surface area contributed by atoms with Crippen molar-refractivity contribution in [2.75, 3.05) is 0 Å². The van der Waals surface area contributed by atoms with Crippen LogP contribution in [0.2, 0.25) is 5.02 Å². The van der Waals surface area contributed by atoms with E-state index in [-0.39, 0.29) is 6.04 Å². The smallest absolute Gasteiger partial charge is 0.0464 e. The van der Waals surface area contributed by atoms with Gasteiger partial charge in [0.25, 0.3) is 0 Å². The molecule has 108 valence electrons. The number of thiophene rings is 1. The van der Waals surface area contributed by atoms with Gasteiger partial charge in [-0.05, 0) is 57.0 Å². The van der Waals surface area contributed by atoms with Gasteiger partial charge < -0.3 is 5.32 Å². The van der Waals surface area contributed by atoms with Crippen molar-refractivity contribution in [1.82, 2.24) is 5.32 Å². The molecule has 20 heavy (non-hydrogen) atoms. The monoisotopic (exact) mass is 371 g/mol. The van der Waals surface area contributed by atoms with Gasteiger partial charge in [0.1, 0.15) is 0 Å². The molecule has 2 unspecified atom stereocenters. The maximum absolute atomic E-state index is 6.30. The lowest BCUT2D eigenvalue weighted by molar-refractivity contribution is 0.479. The summed E-state index contributed by atoms with van der Waals surface area (Å²) in [4.78, 5) is 2.80. The third-order valence-electron chi connectivity index (χ3n) is 3.27. The van der Waals surface area contributed by atoms with Crippen LogP contribution < -0.4 is 5.32 Å². The molecule has 1 nitrogen and oxygen atoms in total. The van der Waals surface area contributed by atoms with Crippen molar-refractivity contribution >= 4 is 38.9 Å². The van der Waals surface area contributed by atoms with E-state index in [4.69, 9.17) is 11.6 Å². The van der Waals surface area contributed by atoms with Crippen molar-refractivity contribution < 1.29 is 0 Å². The molecule has 4 heteroatoms. The minimum atomic E-state index is 0.242. The zero-order valence-corrected chi connectivity index (χ0v) is 15.1. The third-order valence-corrected chi connectivity index (χ3v) is 5.11. The van der Waals surface area contributed by atoms with Crippen LogP contribution in [0.4, 0.5) is 0 Å². The molecule has 2 aromatic rings. The Kier molecular flexibility index (Phi) is 5.67. The van der Waals surface area contributed by atoms with Gasteiger partial charge in [-0.2, -0.15) is 0 Å². The Labute approximate surface area is 138 Å². The summed E-state index contributed by atoms with van der Waals surface area (Å²) in [6.45, 7) is 6.53. The summed E-state index contributed by atoms with van der Waals surface area (Å²) in [5.74, 6) is 0. The molecule has 0 saturated carbocycles. The molecule has 0 aliphatic rings. The molecule has 1 aromatic carbocycles. The quantitative estimate of drug-likeness (QED) is 0.704. The van der Waals surface area contributed by atoms with Crippen molar-refractivity contribution in [3.05, 3.63) is 55.1 Å². The Morgan fingerprint density at radius 3 is 2.60 bits per heavy atom. The highest BCUT2D eigenvalue weighted by Crippen LogP contribution is 2.27. The Morgan fingerprint density at radius 2 is 2.00 bits per heavy atom. The van der Waals surface area contributed by atoms with Crippen LogP contribution in [0.25, 0.3) is 0 Å². The molecular weight excluding hydrogens is 354 g/mol. The Balaban J connectivity index is 1.98. The van der Waals surface area contributed by atoms with Gasteiger partial charge in [-0.3, -0.25) is 0 Å².